The second kappa shape index (κ2) is 3.53. The Kier molecular flexibility index (Phi) is 3.29. The molecule has 1 N–H and O–H groups in total. The van der Waals surface area contributed by atoms with Crippen molar-refractivity contribution in [3.63, 3.8) is 0 Å². The molecule has 0 saturated heterocycles. The van der Waals surface area contributed by atoms with Crippen molar-refractivity contribution in [1.29, 1.82) is 0 Å². The minimum absolute atomic E-state index is 0.0714. The smallest absolute Gasteiger partial charge is 0.459 e. The first-order valence-electron chi connectivity index (χ1n) is 3.41. The number of alkyl halides is 7. The van der Waals surface area contributed by atoms with Crippen LogP contribution in [-0.2, 0) is 4.79 Å². The van der Waals surface area contributed by atoms with E-state index < -0.39 is 29.9 Å². The summed E-state index contributed by atoms with van der Waals surface area (Å²) in [6, 6.07) is 0. The molecule has 0 amide bonds. The fraction of sp³-hybridized carbons (Fsp3) is 0.833. The topological polar surface area (TPSA) is 37.3 Å². The van der Waals surface area contributed by atoms with Crippen LogP contribution in [0.1, 0.15) is 6.92 Å². The van der Waals surface area contributed by atoms with Gasteiger partial charge in [0.05, 0.1) is 0 Å². The number of hydrogen-bond donors (Lipinski definition) is 1. The molecule has 0 aliphatic heterocycles. The minimum Gasteiger partial charge on any atom is -0.481 e. The van der Waals surface area contributed by atoms with Crippen LogP contribution in [0.25, 0.3) is 0 Å². The Balaban J connectivity index is 5.28. The zero-order valence-electron chi connectivity index (χ0n) is 7.08. The Morgan fingerprint density at radius 1 is 1.07 bits per heavy atom. The van der Waals surface area contributed by atoms with Crippen molar-refractivity contribution in [2.45, 2.75) is 24.9 Å². The molecule has 0 aliphatic rings. The van der Waals surface area contributed by atoms with Crippen LogP contribution in [0, 0.1) is 5.92 Å². The molecule has 0 spiro atoms. The normalized spacial score (nSPS) is 16.3. The summed E-state index contributed by atoms with van der Waals surface area (Å²) in [4.78, 5) is 9.94. The molecule has 9 heteroatoms. The number of hydrogen-bond acceptors (Lipinski definition) is 1. The van der Waals surface area contributed by atoms with Gasteiger partial charge in [0.2, 0.25) is 0 Å². The Morgan fingerprint density at radius 2 is 1.40 bits per heavy atom. The van der Waals surface area contributed by atoms with Crippen molar-refractivity contribution in [3.05, 3.63) is 0 Å². The van der Waals surface area contributed by atoms with Gasteiger partial charge >= 0.3 is 24.0 Å². The average Bonchev–Trinajstić information content (AvgIpc) is 2.00. The lowest BCUT2D eigenvalue weighted by atomic mass is 9.97. The fourth-order valence-electron chi connectivity index (χ4n) is 0.616. The van der Waals surface area contributed by atoms with E-state index in [1.807, 2.05) is 0 Å². The van der Waals surface area contributed by atoms with E-state index >= 15 is 0 Å². The molecule has 0 aromatic rings. The molecular weight excluding hydrogens is 237 g/mol. The van der Waals surface area contributed by atoms with Crippen LogP contribution in [0.2, 0.25) is 0 Å². The van der Waals surface area contributed by atoms with Gasteiger partial charge in [-0.05, 0) is 6.92 Å². The van der Waals surface area contributed by atoms with Gasteiger partial charge in [0.1, 0.15) is 5.92 Å². The van der Waals surface area contributed by atoms with Crippen molar-refractivity contribution < 1.29 is 40.6 Å². The van der Waals surface area contributed by atoms with Crippen molar-refractivity contribution in [3.8, 4) is 0 Å². The first-order valence-corrected chi connectivity index (χ1v) is 3.41. The lowest BCUT2D eigenvalue weighted by Crippen LogP contribution is -2.56. The Morgan fingerprint density at radius 3 is 1.60 bits per heavy atom. The molecule has 0 heterocycles. The molecule has 0 bridgehead atoms. The maximum absolute atomic E-state index is 12.5. The maximum atomic E-state index is 12.5. The van der Waals surface area contributed by atoms with Gasteiger partial charge in [-0.25, -0.2) is 0 Å². The quantitative estimate of drug-likeness (QED) is 0.772. The van der Waals surface area contributed by atoms with E-state index in [1.54, 1.807) is 0 Å². The summed E-state index contributed by atoms with van der Waals surface area (Å²) in [5.41, 5.74) is 0. The second-order valence-electron chi connectivity index (χ2n) is 2.76. The molecule has 90 valence electrons. The molecule has 0 aliphatic carbocycles. The summed E-state index contributed by atoms with van der Waals surface area (Å²) in [7, 11) is 0. The average molecular weight is 242 g/mol. The summed E-state index contributed by atoms with van der Waals surface area (Å²) in [6.45, 7) is 0.0714. The number of rotatable bonds is 3. The Hall–Kier alpha value is -1.02. The van der Waals surface area contributed by atoms with Crippen molar-refractivity contribution >= 4 is 5.97 Å². The van der Waals surface area contributed by atoms with Crippen LogP contribution in [-0.4, -0.2) is 29.1 Å². The third-order valence-corrected chi connectivity index (χ3v) is 1.69. The number of carboxylic acids is 1. The van der Waals surface area contributed by atoms with E-state index in [-0.39, 0.29) is 6.92 Å². The lowest BCUT2D eigenvalue weighted by molar-refractivity contribution is -0.362. The molecule has 2 nitrogen and oxygen atoms in total. The third kappa shape index (κ3) is 2.15. The highest BCUT2D eigenvalue weighted by Crippen LogP contribution is 2.49. The molecule has 1 atom stereocenters. The van der Waals surface area contributed by atoms with Crippen LogP contribution in [0.4, 0.5) is 30.7 Å². The summed E-state index contributed by atoms with van der Waals surface area (Å²) >= 11 is 0. The van der Waals surface area contributed by atoms with Gasteiger partial charge < -0.3 is 5.11 Å². The van der Waals surface area contributed by atoms with E-state index in [0.717, 1.165) is 0 Å². The molecule has 0 radical (unpaired) electrons. The predicted octanol–water partition coefficient (Wildman–Crippen LogP) is 2.54. The summed E-state index contributed by atoms with van der Waals surface area (Å²) in [5.74, 6) is -17.7. The SMILES string of the molecule is CC(C(=O)O)C(F)(F)C(F)(F)C(F)(F)F. The van der Waals surface area contributed by atoms with Gasteiger partial charge in [0.25, 0.3) is 0 Å². The van der Waals surface area contributed by atoms with Gasteiger partial charge in [-0.3, -0.25) is 4.79 Å². The number of carboxylic acid groups (broad SMARTS) is 1. The number of aliphatic carboxylic acids is 1. The molecule has 1 unspecified atom stereocenters. The molecule has 0 rings (SSSR count). The van der Waals surface area contributed by atoms with Crippen LogP contribution in [0.5, 0.6) is 0 Å². The summed E-state index contributed by atoms with van der Waals surface area (Å²) < 4.78 is 83.9. The van der Waals surface area contributed by atoms with Gasteiger partial charge in [-0.2, -0.15) is 30.7 Å². The van der Waals surface area contributed by atoms with E-state index in [0.29, 0.717) is 0 Å². The van der Waals surface area contributed by atoms with E-state index in [2.05, 4.69) is 0 Å². The van der Waals surface area contributed by atoms with Crippen LogP contribution >= 0.6 is 0 Å². The first kappa shape index (κ1) is 14.0. The van der Waals surface area contributed by atoms with Gasteiger partial charge in [-0.1, -0.05) is 0 Å². The zero-order valence-corrected chi connectivity index (χ0v) is 7.08. The van der Waals surface area contributed by atoms with Crippen LogP contribution in [0.3, 0.4) is 0 Å². The third-order valence-electron chi connectivity index (χ3n) is 1.69. The van der Waals surface area contributed by atoms with Crippen LogP contribution in [0.15, 0.2) is 0 Å². The van der Waals surface area contributed by atoms with Gasteiger partial charge in [-0.15, -0.1) is 0 Å². The van der Waals surface area contributed by atoms with E-state index in [9.17, 15) is 35.5 Å². The van der Waals surface area contributed by atoms with Gasteiger partial charge in [0.15, 0.2) is 0 Å². The van der Waals surface area contributed by atoms with Crippen LogP contribution < -0.4 is 0 Å². The molecule has 0 saturated carbocycles. The van der Waals surface area contributed by atoms with Gasteiger partial charge in [0, 0.05) is 0 Å². The number of halogens is 7. The molecule has 15 heavy (non-hydrogen) atoms. The second-order valence-corrected chi connectivity index (χ2v) is 2.76. The van der Waals surface area contributed by atoms with E-state index in [4.69, 9.17) is 5.11 Å². The largest absolute Gasteiger partial charge is 0.481 e. The molecule has 0 fully saturated rings. The van der Waals surface area contributed by atoms with Crippen molar-refractivity contribution in [2.75, 3.05) is 0 Å². The standard InChI is InChI=1S/C6H5F7O2/c1-2(3(14)15)4(7,8)5(9,10)6(11,12)13/h2H,1H3,(H,14,15). The molecule has 0 aromatic heterocycles. The highest BCUT2D eigenvalue weighted by molar-refractivity contribution is 5.71. The molecular formula is C6H5F7O2. The van der Waals surface area contributed by atoms with Crippen molar-refractivity contribution in [1.82, 2.24) is 0 Å². The lowest BCUT2D eigenvalue weighted by Gasteiger charge is -2.30. The highest BCUT2D eigenvalue weighted by atomic mass is 19.4. The minimum atomic E-state index is -6.50. The summed E-state index contributed by atoms with van der Waals surface area (Å²) in [6.07, 6.45) is -6.50. The van der Waals surface area contributed by atoms with Crippen molar-refractivity contribution in [2.24, 2.45) is 5.92 Å². The number of carbonyl (C=O) groups is 1. The maximum Gasteiger partial charge on any atom is 0.459 e. The molecule has 0 aromatic carbocycles. The Labute approximate surface area is 78.7 Å². The fourth-order valence-corrected chi connectivity index (χ4v) is 0.616. The Bertz CT molecular complexity index is 257. The first-order chi connectivity index (χ1) is 6.35. The predicted molar refractivity (Wildman–Crippen MR) is 32.7 cm³/mol. The summed E-state index contributed by atoms with van der Waals surface area (Å²) in [5, 5.41) is 7.97. The highest BCUT2D eigenvalue weighted by Gasteiger charge is 2.75. The zero-order chi connectivity index (χ0) is 12.7. The van der Waals surface area contributed by atoms with E-state index in [1.165, 1.54) is 0 Å². The monoisotopic (exact) mass is 242 g/mol.